The standard InChI is InChI=1S/C12H15NO5S/c13-11(5-12(14)15)8-1-3-9(4-2-8)19(16,17)10-6-18-7-10/h1-4,10-11H,5-7,13H2,(H,14,15). The highest BCUT2D eigenvalue weighted by atomic mass is 32.2. The lowest BCUT2D eigenvalue weighted by Crippen LogP contribution is -2.40. The first-order valence-corrected chi connectivity index (χ1v) is 7.35. The molecule has 1 heterocycles. The van der Waals surface area contributed by atoms with E-state index in [1.807, 2.05) is 0 Å². The van der Waals surface area contributed by atoms with Gasteiger partial charge in [-0.1, -0.05) is 12.1 Å². The van der Waals surface area contributed by atoms with Crippen LogP contribution in [-0.4, -0.2) is 38.0 Å². The Bertz CT molecular complexity index is 562. The number of nitrogens with two attached hydrogens (primary N) is 1. The third-order valence-corrected chi connectivity index (χ3v) is 5.16. The number of ether oxygens (including phenoxy) is 1. The van der Waals surface area contributed by atoms with Crippen LogP contribution in [0.3, 0.4) is 0 Å². The summed E-state index contributed by atoms with van der Waals surface area (Å²) in [5, 5.41) is 8.17. The molecule has 19 heavy (non-hydrogen) atoms. The minimum Gasteiger partial charge on any atom is -0.481 e. The number of benzene rings is 1. The van der Waals surface area contributed by atoms with Crippen LogP contribution in [0.5, 0.6) is 0 Å². The monoisotopic (exact) mass is 285 g/mol. The summed E-state index contributed by atoms with van der Waals surface area (Å²) in [6, 6.07) is 5.40. The van der Waals surface area contributed by atoms with E-state index in [1.54, 1.807) is 12.1 Å². The molecule has 0 spiro atoms. The summed E-state index contributed by atoms with van der Waals surface area (Å²) >= 11 is 0. The van der Waals surface area contributed by atoms with Crippen molar-refractivity contribution in [1.82, 2.24) is 0 Å². The highest BCUT2D eigenvalue weighted by Gasteiger charge is 2.33. The van der Waals surface area contributed by atoms with Crippen LogP contribution in [0.2, 0.25) is 0 Å². The van der Waals surface area contributed by atoms with Gasteiger partial charge in [-0.05, 0) is 17.7 Å². The van der Waals surface area contributed by atoms with E-state index in [9.17, 15) is 13.2 Å². The fourth-order valence-corrected chi connectivity index (χ4v) is 3.25. The van der Waals surface area contributed by atoms with E-state index in [0.29, 0.717) is 5.56 Å². The van der Waals surface area contributed by atoms with Crippen LogP contribution in [0.25, 0.3) is 0 Å². The second-order valence-electron chi connectivity index (χ2n) is 4.48. The molecule has 1 saturated heterocycles. The number of sulfone groups is 1. The maximum absolute atomic E-state index is 12.1. The smallest absolute Gasteiger partial charge is 0.305 e. The lowest BCUT2D eigenvalue weighted by atomic mass is 10.1. The fourth-order valence-electron chi connectivity index (χ4n) is 1.80. The van der Waals surface area contributed by atoms with Crippen molar-refractivity contribution in [3.63, 3.8) is 0 Å². The van der Waals surface area contributed by atoms with Crippen molar-refractivity contribution >= 4 is 15.8 Å². The van der Waals surface area contributed by atoms with Crippen LogP contribution >= 0.6 is 0 Å². The SMILES string of the molecule is NC(CC(=O)O)c1ccc(S(=O)(=O)C2COC2)cc1. The van der Waals surface area contributed by atoms with Crippen LogP contribution in [0.15, 0.2) is 29.2 Å². The van der Waals surface area contributed by atoms with Gasteiger partial charge in [0.05, 0.1) is 24.5 Å². The van der Waals surface area contributed by atoms with Crippen molar-refractivity contribution in [1.29, 1.82) is 0 Å². The van der Waals surface area contributed by atoms with E-state index in [1.165, 1.54) is 12.1 Å². The van der Waals surface area contributed by atoms with Gasteiger partial charge in [-0.2, -0.15) is 0 Å². The minimum atomic E-state index is -3.35. The molecule has 1 aromatic rings. The van der Waals surface area contributed by atoms with Crippen molar-refractivity contribution in [3.05, 3.63) is 29.8 Å². The van der Waals surface area contributed by atoms with Gasteiger partial charge in [-0.3, -0.25) is 4.79 Å². The molecule has 7 heteroatoms. The van der Waals surface area contributed by atoms with Gasteiger partial charge in [-0.15, -0.1) is 0 Å². The highest BCUT2D eigenvalue weighted by Crippen LogP contribution is 2.23. The normalized spacial score (nSPS) is 17.7. The third-order valence-electron chi connectivity index (χ3n) is 3.08. The molecular formula is C12H15NO5S. The van der Waals surface area contributed by atoms with Gasteiger partial charge in [0.2, 0.25) is 0 Å². The zero-order valence-corrected chi connectivity index (χ0v) is 11.0. The van der Waals surface area contributed by atoms with E-state index in [0.717, 1.165) is 0 Å². The molecule has 3 N–H and O–H groups in total. The second-order valence-corrected chi connectivity index (χ2v) is 6.71. The Balaban J connectivity index is 2.16. The van der Waals surface area contributed by atoms with Crippen LogP contribution < -0.4 is 5.73 Å². The van der Waals surface area contributed by atoms with Crippen LogP contribution in [0.1, 0.15) is 18.0 Å². The van der Waals surface area contributed by atoms with Gasteiger partial charge in [0.15, 0.2) is 9.84 Å². The summed E-state index contributed by atoms with van der Waals surface area (Å²) in [5.41, 5.74) is 6.30. The Morgan fingerprint density at radius 3 is 2.37 bits per heavy atom. The molecule has 0 bridgehead atoms. The number of rotatable bonds is 5. The number of hydrogen-bond acceptors (Lipinski definition) is 5. The van der Waals surface area contributed by atoms with E-state index >= 15 is 0 Å². The van der Waals surface area contributed by atoms with Gasteiger partial charge in [0.25, 0.3) is 0 Å². The average Bonchev–Trinajstić information content (AvgIpc) is 2.25. The molecule has 1 fully saturated rings. The van der Waals surface area contributed by atoms with Gasteiger partial charge in [0, 0.05) is 6.04 Å². The van der Waals surface area contributed by atoms with Crippen molar-refractivity contribution < 1.29 is 23.1 Å². The van der Waals surface area contributed by atoms with E-state index in [4.69, 9.17) is 15.6 Å². The minimum absolute atomic E-state index is 0.192. The number of aliphatic carboxylic acids is 1. The Labute approximate surface area is 111 Å². The highest BCUT2D eigenvalue weighted by molar-refractivity contribution is 7.92. The topological polar surface area (TPSA) is 107 Å². The molecule has 1 aliphatic heterocycles. The number of carboxylic acid groups (broad SMARTS) is 1. The maximum atomic E-state index is 12.1. The molecule has 1 unspecified atom stereocenters. The Morgan fingerprint density at radius 2 is 1.95 bits per heavy atom. The lowest BCUT2D eigenvalue weighted by molar-refractivity contribution is -0.137. The Kier molecular flexibility index (Phi) is 3.88. The van der Waals surface area contributed by atoms with Crippen molar-refractivity contribution in [3.8, 4) is 0 Å². The molecule has 0 aliphatic carbocycles. The summed E-state index contributed by atoms with van der Waals surface area (Å²) in [6.07, 6.45) is -0.192. The van der Waals surface area contributed by atoms with Crippen molar-refractivity contribution in [2.75, 3.05) is 13.2 Å². The van der Waals surface area contributed by atoms with E-state index < -0.39 is 27.1 Å². The second kappa shape index (κ2) is 5.28. The van der Waals surface area contributed by atoms with Gasteiger partial charge < -0.3 is 15.6 Å². The number of carboxylic acids is 1. The lowest BCUT2D eigenvalue weighted by Gasteiger charge is -2.25. The summed E-state index contributed by atoms with van der Waals surface area (Å²) < 4.78 is 29.0. The third kappa shape index (κ3) is 2.94. The zero-order chi connectivity index (χ0) is 14.0. The summed E-state index contributed by atoms with van der Waals surface area (Å²) in [7, 11) is -3.35. The molecule has 2 rings (SSSR count). The average molecular weight is 285 g/mol. The molecular weight excluding hydrogens is 270 g/mol. The fraction of sp³-hybridized carbons (Fsp3) is 0.417. The van der Waals surface area contributed by atoms with Crippen LogP contribution in [-0.2, 0) is 19.4 Å². The first-order chi connectivity index (χ1) is 8.91. The van der Waals surface area contributed by atoms with Crippen molar-refractivity contribution in [2.24, 2.45) is 5.73 Å². The predicted octanol–water partition coefficient (Wildman–Crippen LogP) is 0.334. The molecule has 6 nitrogen and oxygen atoms in total. The summed E-state index contributed by atoms with van der Waals surface area (Å²) in [5.74, 6) is -0.990. The number of hydrogen-bond donors (Lipinski definition) is 2. The van der Waals surface area contributed by atoms with E-state index in [2.05, 4.69) is 0 Å². The largest absolute Gasteiger partial charge is 0.481 e. The van der Waals surface area contributed by atoms with E-state index in [-0.39, 0.29) is 24.5 Å². The van der Waals surface area contributed by atoms with Crippen LogP contribution in [0.4, 0.5) is 0 Å². The first-order valence-electron chi connectivity index (χ1n) is 5.80. The quantitative estimate of drug-likeness (QED) is 0.807. The molecule has 104 valence electrons. The summed E-state index contributed by atoms with van der Waals surface area (Å²) in [6.45, 7) is 0.450. The summed E-state index contributed by atoms with van der Waals surface area (Å²) in [4.78, 5) is 10.8. The number of carbonyl (C=O) groups is 1. The maximum Gasteiger partial charge on any atom is 0.305 e. The van der Waals surface area contributed by atoms with Gasteiger partial charge in [-0.25, -0.2) is 8.42 Å². The molecule has 0 radical (unpaired) electrons. The predicted molar refractivity (Wildman–Crippen MR) is 67.4 cm³/mol. The molecule has 1 aromatic carbocycles. The van der Waals surface area contributed by atoms with Gasteiger partial charge >= 0.3 is 5.97 Å². The van der Waals surface area contributed by atoms with Crippen LogP contribution in [0, 0.1) is 0 Å². The Hall–Kier alpha value is -1.44. The van der Waals surface area contributed by atoms with Crippen molar-refractivity contribution in [2.45, 2.75) is 22.6 Å². The zero-order valence-electron chi connectivity index (χ0n) is 10.2. The molecule has 0 aromatic heterocycles. The Morgan fingerprint density at radius 1 is 1.37 bits per heavy atom. The molecule has 0 saturated carbocycles. The van der Waals surface area contributed by atoms with Gasteiger partial charge in [0.1, 0.15) is 5.25 Å². The molecule has 0 amide bonds. The molecule has 1 aliphatic rings. The molecule has 1 atom stereocenters. The first kappa shape index (κ1) is 14.0.